The van der Waals surface area contributed by atoms with Gasteiger partial charge in [-0.05, 0) is 36.6 Å². The Labute approximate surface area is 177 Å². The number of aryl methyl sites for hydroxylation is 1. The maximum Gasteiger partial charge on any atom is 0.348 e. The molecule has 0 spiro atoms. The highest BCUT2D eigenvalue weighted by Gasteiger charge is 2.13. The fourth-order valence-corrected chi connectivity index (χ4v) is 3.97. The van der Waals surface area contributed by atoms with Gasteiger partial charge in [0.25, 0.3) is 0 Å². The second-order valence-corrected chi connectivity index (χ2v) is 7.70. The molecule has 0 bridgehead atoms. The van der Waals surface area contributed by atoms with Gasteiger partial charge in [-0.25, -0.2) is 9.78 Å². The number of anilines is 1. The number of thiophene rings is 1. The smallest absolute Gasteiger partial charge is 0.348 e. The molecule has 152 valence electrons. The zero-order chi connectivity index (χ0) is 20.9. The van der Waals surface area contributed by atoms with Crippen molar-refractivity contribution in [3.05, 3.63) is 71.6 Å². The molecule has 2 heterocycles. The molecule has 30 heavy (non-hydrogen) atoms. The highest BCUT2D eigenvalue weighted by atomic mass is 32.1. The van der Waals surface area contributed by atoms with Crippen molar-refractivity contribution in [1.29, 1.82) is 0 Å². The minimum absolute atomic E-state index is 0.130. The monoisotopic (exact) mass is 420 g/mol. The van der Waals surface area contributed by atoms with Crippen LogP contribution in [0.2, 0.25) is 0 Å². The number of nitrogens with zero attached hydrogens (tertiary/aromatic N) is 1. The van der Waals surface area contributed by atoms with E-state index in [2.05, 4.69) is 10.3 Å². The summed E-state index contributed by atoms with van der Waals surface area (Å²) in [7, 11) is 0. The molecule has 0 unspecified atom stereocenters. The van der Waals surface area contributed by atoms with E-state index >= 15 is 0 Å². The Hall–Kier alpha value is -3.45. The lowest BCUT2D eigenvalue weighted by molar-refractivity contribution is -0.116. The van der Waals surface area contributed by atoms with E-state index < -0.39 is 0 Å². The van der Waals surface area contributed by atoms with E-state index in [4.69, 9.17) is 9.15 Å². The molecule has 0 aliphatic heterocycles. The Balaban J connectivity index is 1.36. The number of amides is 1. The first kappa shape index (κ1) is 19.8. The van der Waals surface area contributed by atoms with Crippen molar-refractivity contribution in [2.45, 2.75) is 19.8 Å². The van der Waals surface area contributed by atoms with Crippen LogP contribution in [0.1, 0.15) is 28.9 Å². The Morgan fingerprint density at radius 3 is 2.77 bits per heavy atom. The zero-order valence-corrected chi connectivity index (χ0v) is 17.2. The predicted molar refractivity (Wildman–Crippen MR) is 117 cm³/mol. The summed E-state index contributed by atoms with van der Waals surface area (Å²) in [4.78, 5) is 29.0. The number of hydrogen-bond acceptors (Lipinski definition) is 6. The fourth-order valence-electron chi connectivity index (χ4n) is 3.03. The molecule has 0 fully saturated rings. The first-order valence-corrected chi connectivity index (χ1v) is 10.4. The molecule has 2 aromatic carbocycles. The van der Waals surface area contributed by atoms with Gasteiger partial charge in [-0.1, -0.05) is 30.3 Å². The molecule has 4 rings (SSSR count). The highest BCUT2D eigenvalue weighted by molar-refractivity contribution is 7.20. The molecule has 2 aromatic heterocycles. The number of fused-ring (bicyclic) bond motifs is 1. The van der Waals surface area contributed by atoms with Gasteiger partial charge in [0, 0.05) is 28.8 Å². The van der Waals surface area contributed by atoms with Crippen LogP contribution in [0.3, 0.4) is 0 Å². The van der Waals surface area contributed by atoms with Gasteiger partial charge in [0.1, 0.15) is 4.88 Å². The number of hydrogen-bond donors (Lipinski definition) is 1. The van der Waals surface area contributed by atoms with Crippen LogP contribution >= 0.6 is 11.3 Å². The number of aromatic nitrogens is 1. The van der Waals surface area contributed by atoms with Crippen LogP contribution in [0.25, 0.3) is 21.4 Å². The van der Waals surface area contributed by atoms with Crippen molar-refractivity contribution in [3.8, 4) is 11.3 Å². The molecular formula is C23H20N2O4S. The Kier molecular flexibility index (Phi) is 5.90. The molecule has 0 saturated carbocycles. The van der Waals surface area contributed by atoms with Crippen LogP contribution in [-0.4, -0.2) is 23.5 Å². The number of rotatable bonds is 7. The van der Waals surface area contributed by atoms with Gasteiger partial charge in [0.05, 0.1) is 12.8 Å². The second-order valence-electron chi connectivity index (χ2n) is 6.62. The number of carbonyl (C=O) groups is 2. The third kappa shape index (κ3) is 4.58. The van der Waals surface area contributed by atoms with Crippen molar-refractivity contribution >= 4 is 39.0 Å². The molecule has 1 amide bonds. The predicted octanol–water partition coefficient (Wildman–Crippen LogP) is 5.30. The summed E-state index contributed by atoms with van der Waals surface area (Å²) in [5, 5.41) is 3.78. The van der Waals surface area contributed by atoms with Crippen LogP contribution < -0.4 is 5.32 Å². The average molecular weight is 420 g/mol. The van der Waals surface area contributed by atoms with Gasteiger partial charge < -0.3 is 14.5 Å². The molecule has 0 atom stereocenters. The number of esters is 1. The number of ether oxygens (including phenoxy) is 1. The third-order valence-corrected chi connectivity index (χ3v) is 5.55. The minimum Gasteiger partial charge on any atom is -0.462 e. The van der Waals surface area contributed by atoms with E-state index in [0.29, 0.717) is 35.2 Å². The van der Waals surface area contributed by atoms with Crippen LogP contribution in [-0.2, 0) is 16.0 Å². The Morgan fingerprint density at radius 1 is 1.13 bits per heavy atom. The maximum absolute atomic E-state index is 12.3. The molecule has 4 aromatic rings. The van der Waals surface area contributed by atoms with Gasteiger partial charge in [-0.2, -0.15) is 0 Å². The summed E-state index contributed by atoms with van der Waals surface area (Å²) in [6.45, 7) is 2.12. The van der Waals surface area contributed by atoms with Gasteiger partial charge in [0.15, 0.2) is 11.7 Å². The third-order valence-electron chi connectivity index (χ3n) is 4.45. The fraction of sp³-hybridized carbons (Fsp3) is 0.174. The Bertz CT molecular complexity index is 1180. The standard InChI is InChI=1S/C23H20N2O4S/c1-2-28-23(27)20-13-16-12-17(8-9-19(16)30-20)25-21(26)10-11-22-24-14-18(29-22)15-6-4-3-5-7-15/h3-9,12-14H,2,10-11H2,1H3,(H,25,26). The molecule has 0 saturated heterocycles. The second kappa shape index (κ2) is 8.92. The zero-order valence-electron chi connectivity index (χ0n) is 16.4. The number of nitrogens with one attached hydrogen (secondary N) is 1. The van der Waals surface area contributed by atoms with E-state index in [-0.39, 0.29) is 18.3 Å². The van der Waals surface area contributed by atoms with Crippen molar-refractivity contribution in [3.63, 3.8) is 0 Å². The van der Waals surface area contributed by atoms with Crippen LogP contribution in [0.15, 0.2) is 65.2 Å². The normalized spacial score (nSPS) is 10.8. The van der Waals surface area contributed by atoms with Crippen molar-refractivity contribution in [1.82, 2.24) is 4.98 Å². The van der Waals surface area contributed by atoms with Crippen LogP contribution in [0, 0.1) is 0 Å². The maximum atomic E-state index is 12.3. The first-order chi connectivity index (χ1) is 14.6. The molecule has 0 aliphatic carbocycles. The van der Waals surface area contributed by atoms with Crippen molar-refractivity contribution in [2.75, 3.05) is 11.9 Å². The summed E-state index contributed by atoms with van der Waals surface area (Å²) in [6.07, 6.45) is 2.34. The van der Waals surface area contributed by atoms with Gasteiger partial charge in [0.2, 0.25) is 5.91 Å². The van der Waals surface area contributed by atoms with Gasteiger partial charge >= 0.3 is 5.97 Å². The molecule has 1 N–H and O–H groups in total. The Morgan fingerprint density at radius 2 is 1.97 bits per heavy atom. The lowest BCUT2D eigenvalue weighted by Crippen LogP contribution is -2.12. The number of oxazole rings is 1. The SMILES string of the molecule is CCOC(=O)c1cc2cc(NC(=O)CCc3ncc(-c4ccccc4)o3)ccc2s1. The quantitative estimate of drug-likeness (QED) is 0.410. The summed E-state index contributed by atoms with van der Waals surface area (Å²) in [6, 6.07) is 17.1. The number of benzene rings is 2. The summed E-state index contributed by atoms with van der Waals surface area (Å²) < 4.78 is 11.7. The summed E-state index contributed by atoms with van der Waals surface area (Å²) >= 11 is 1.37. The molecule has 7 heteroatoms. The van der Waals surface area contributed by atoms with E-state index in [1.165, 1.54) is 11.3 Å². The lowest BCUT2D eigenvalue weighted by atomic mass is 10.2. The largest absolute Gasteiger partial charge is 0.462 e. The van der Waals surface area contributed by atoms with E-state index in [1.54, 1.807) is 19.2 Å². The van der Waals surface area contributed by atoms with Crippen LogP contribution in [0.5, 0.6) is 0 Å². The van der Waals surface area contributed by atoms with E-state index in [1.807, 2.05) is 48.5 Å². The highest BCUT2D eigenvalue weighted by Crippen LogP contribution is 2.29. The first-order valence-electron chi connectivity index (χ1n) is 9.63. The molecule has 0 radical (unpaired) electrons. The molecule has 6 nitrogen and oxygen atoms in total. The van der Waals surface area contributed by atoms with Crippen molar-refractivity contribution in [2.24, 2.45) is 0 Å². The molecule has 0 aliphatic rings. The van der Waals surface area contributed by atoms with Gasteiger partial charge in [-0.3, -0.25) is 4.79 Å². The van der Waals surface area contributed by atoms with Gasteiger partial charge in [-0.15, -0.1) is 11.3 Å². The topological polar surface area (TPSA) is 81.4 Å². The van der Waals surface area contributed by atoms with E-state index in [0.717, 1.165) is 15.6 Å². The summed E-state index contributed by atoms with van der Waals surface area (Å²) in [5.74, 6) is 0.752. The number of carbonyl (C=O) groups excluding carboxylic acids is 2. The summed E-state index contributed by atoms with van der Waals surface area (Å²) in [5.41, 5.74) is 1.63. The van der Waals surface area contributed by atoms with E-state index in [9.17, 15) is 9.59 Å². The average Bonchev–Trinajstić information content (AvgIpc) is 3.40. The van der Waals surface area contributed by atoms with Crippen LogP contribution in [0.4, 0.5) is 5.69 Å². The lowest BCUT2D eigenvalue weighted by Gasteiger charge is -2.04. The molecular weight excluding hydrogens is 400 g/mol. The minimum atomic E-state index is -0.329. The van der Waals surface area contributed by atoms with Crippen molar-refractivity contribution < 1.29 is 18.7 Å².